The molecule has 3 N–H and O–H groups in total. The van der Waals surface area contributed by atoms with E-state index in [0.717, 1.165) is 39.0 Å². The van der Waals surface area contributed by atoms with Crippen molar-refractivity contribution in [1.29, 1.82) is 0 Å². The van der Waals surface area contributed by atoms with Crippen molar-refractivity contribution in [3.8, 4) is 5.75 Å². The highest BCUT2D eigenvalue weighted by molar-refractivity contribution is 6.02. The summed E-state index contributed by atoms with van der Waals surface area (Å²) < 4.78 is 10.0. The van der Waals surface area contributed by atoms with E-state index in [1.54, 1.807) is 6.07 Å². The average molecular weight is 348 g/mol. The van der Waals surface area contributed by atoms with Gasteiger partial charge in [0.05, 0.1) is 12.7 Å². The molecular formula is C18H24N2O5. The van der Waals surface area contributed by atoms with E-state index in [0.29, 0.717) is 6.54 Å². The van der Waals surface area contributed by atoms with E-state index in [-0.39, 0.29) is 28.3 Å². The second-order valence-electron chi connectivity index (χ2n) is 6.80. The van der Waals surface area contributed by atoms with E-state index >= 15 is 0 Å². The minimum Gasteiger partial charge on any atom is -0.506 e. The van der Waals surface area contributed by atoms with Crippen LogP contribution < -0.4 is 10.6 Å². The minimum atomic E-state index is -0.675. The van der Waals surface area contributed by atoms with Crippen molar-refractivity contribution in [2.24, 2.45) is 5.41 Å². The van der Waals surface area contributed by atoms with Crippen molar-refractivity contribution < 1.29 is 24.2 Å². The van der Waals surface area contributed by atoms with Gasteiger partial charge in [0, 0.05) is 32.3 Å². The van der Waals surface area contributed by atoms with Gasteiger partial charge in [-0.1, -0.05) is 6.07 Å². The Labute approximate surface area is 146 Å². The first-order valence-corrected chi connectivity index (χ1v) is 8.54. The zero-order valence-electron chi connectivity index (χ0n) is 14.3. The van der Waals surface area contributed by atoms with Crippen molar-refractivity contribution in [3.63, 3.8) is 0 Å². The fourth-order valence-electron chi connectivity index (χ4n) is 3.67. The van der Waals surface area contributed by atoms with Crippen LogP contribution in [0.25, 0.3) is 0 Å². The van der Waals surface area contributed by atoms with Gasteiger partial charge in [0.2, 0.25) is 0 Å². The van der Waals surface area contributed by atoms with Gasteiger partial charge >= 0.3 is 5.97 Å². The van der Waals surface area contributed by atoms with Crippen molar-refractivity contribution in [3.05, 3.63) is 29.3 Å². The van der Waals surface area contributed by atoms with E-state index in [4.69, 9.17) is 4.74 Å². The molecule has 2 saturated heterocycles. The molecule has 2 heterocycles. The van der Waals surface area contributed by atoms with E-state index in [2.05, 4.69) is 15.4 Å². The number of carbonyl (C=O) groups is 2. The third kappa shape index (κ3) is 3.77. The summed E-state index contributed by atoms with van der Waals surface area (Å²) in [4.78, 5) is 24.0. The second-order valence-corrected chi connectivity index (χ2v) is 6.80. The molecule has 1 atom stereocenters. The zero-order chi connectivity index (χ0) is 17.9. The highest BCUT2D eigenvalue weighted by atomic mass is 16.5. The molecule has 136 valence electrons. The fourth-order valence-corrected chi connectivity index (χ4v) is 3.67. The highest BCUT2D eigenvalue weighted by Gasteiger charge is 2.40. The molecule has 0 aromatic heterocycles. The highest BCUT2D eigenvalue weighted by Crippen LogP contribution is 2.38. The van der Waals surface area contributed by atoms with E-state index in [1.165, 1.54) is 19.2 Å². The number of ether oxygens (including phenoxy) is 2. The van der Waals surface area contributed by atoms with Crippen LogP contribution in [0.2, 0.25) is 0 Å². The molecule has 7 nitrogen and oxygen atoms in total. The maximum Gasteiger partial charge on any atom is 0.341 e. The third-order valence-corrected chi connectivity index (χ3v) is 5.19. The van der Waals surface area contributed by atoms with Crippen LogP contribution in [0.5, 0.6) is 5.75 Å². The SMILES string of the molecule is COC(=O)c1cccc(C(=O)NCC2CC3(CCOCC3)CN2)c1O. The maximum atomic E-state index is 12.4. The molecule has 0 aliphatic carbocycles. The summed E-state index contributed by atoms with van der Waals surface area (Å²) in [7, 11) is 1.23. The predicted molar refractivity (Wildman–Crippen MR) is 90.7 cm³/mol. The van der Waals surface area contributed by atoms with Crippen LogP contribution in [0.3, 0.4) is 0 Å². The second kappa shape index (κ2) is 7.41. The number of phenols is 1. The molecule has 0 radical (unpaired) electrons. The van der Waals surface area contributed by atoms with Crippen molar-refractivity contribution in [2.75, 3.05) is 33.4 Å². The molecule has 2 aliphatic rings. The lowest BCUT2D eigenvalue weighted by molar-refractivity contribution is 0.0234. The lowest BCUT2D eigenvalue weighted by atomic mass is 9.78. The Morgan fingerprint density at radius 2 is 2.08 bits per heavy atom. The normalized spacial score (nSPS) is 21.9. The van der Waals surface area contributed by atoms with E-state index < -0.39 is 11.9 Å². The average Bonchev–Trinajstić information content (AvgIpc) is 3.02. The number of phenolic OH excluding ortho intramolecular Hbond substituents is 1. The number of amides is 1. The molecule has 7 heteroatoms. The Morgan fingerprint density at radius 3 is 2.80 bits per heavy atom. The number of carbonyl (C=O) groups excluding carboxylic acids is 2. The number of esters is 1. The Morgan fingerprint density at radius 1 is 1.36 bits per heavy atom. The molecule has 2 fully saturated rings. The number of nitrogens with one attached hydrogen (secondary N) is 2. The van der Waals surface area contributed by atoms with Gasteiger partial charge in [-0.2, -0.15) is 0 Å². The molecule has 0 saturated carbocycles. The lowest BCUT2D eigenvalue weighted by Crippen LogP contribution is -2.37. The van der Waals surface area contributed by atoms with Gasteiger partial charge in [0.15, 0.2) is 0 Å². The van der Waals surface area contributed by atoms with Crippen LogP contribution >= 0.6 is 0 Å². The molecule has 0 bridgehead atoms. The minimum absolute atomic E-state index is 0.0182. The molecular weight excluding hydrogens is 324 g/mol. The van der Waals surface area contributed by atoms with Gasteiger partial charge in [-0.15, -0.1) is 0 Å². The van der Waals surface area contributed by atoms with Crippen molar-refractivity contribution in [2.45, 2.75) is 25.3 Å². The van der Waals surface area contributed by atoms with Gasteiger partial charge in [0.25, 0.3) is 5.91 Å². The molecule has 1 spiro atoms. The van der Waals surface area contributed by atoms with Crippen molar-refractivity contribution >= 4 is 11.9 Å². The van der Waals surface area contributed by atoms with Gasteiger partial charge < -0.3 is 25.2 Å². The van der Waals surface area contributed by atoms with Crippen LogP contribution in [0, 0.1) is 5.41 Å². The summed E-state index contributed by atoms with van der Waals surface area (Å²) in [6, 6.07) is 4.66. The first-order chi connectivity index (χ1) is 12.0. The summed E-state index contributed by atoms with van der Waals surface area (Å²) in [6.07, 6.45) is 3.10. The number of rotatable bonds is 4. The number of methoxy groups -OCH3 is 1. The van der Waals surface area contributed by atoms with Gasteiger partial charge in [-0.05, 0) is 36.8 Å². The third-order valence-electron chi connectivity index (χ3n) is 5.19. The number of hydrogen-bond acceptors (Lipinski definition) is 6. The molecule has 1 amide bonds. The van der Waals surface area contributed by atoms with Crippen LogP contribution in [0.4, 0.5) is 0 Å². The van der Waals surface area contributed by atoms with E-state index in [1.807, 2.05) is 0 Å². The van der Waals surface area contributed by atoms with Crippen LogP contribution in [-0.4, -0.2) is 56.4 Å². The molecule has 2 aliphatic heterocycles. The number of benzene rings is 1. The van der Waals surface area contributed by atoms with Gasteiger partial charge in [-0.3, -0.25) is 4.79 Å². The zero-order valence-corrected chi connectivity index (χ0v) is 14.3. The summed E-state index contributed by atoms with van der Waals surface area (Å²) >= 11 is 0. The fraction of sp³-hybridized carbons (Fsp3) is 0.556. The first-order valence-electron chi connectivity index (χ1n) is 8.54. The Kier molecular flexibility index (Phi) is 5.24. The number of aromatic hydroxyl groups is 1. The largest absolute Gasteiger partial charge is 0.506 e. The van der Waals surface area contributed by atoms with Gasteiger partial charge in [-0.25, -0.2) is 4.79 Å². The molecule has 3 rings (SSSR count). The number of hydrogen-bond donors (Lipinski definition) is 3. The topological polar surface area (TPSA) is 96.9 Å². The molecule has 25 heavy (non-hydrogen) atoms. The van der Waals surface area contributed by atoms with Crippen LogP contribution in [0.15, 0.2) is 18.2 Å². The predicted octanol–water partition coefficient (Wildman–Crippen LogP) is 1.07. The lowest BCUT2D eigenvalue weighted by Gasteiger charge is -2.32. The monoisotopic (exact) mass is 348 g/mol. The Balaban J connectivity index is 1.59. The van der Waals surface area contributed by atoms with Crippen LogP contribution in [-0.2, 0) is 9.47 Å². The standard InChI is InChI=1S/C18H24N2O5/c1-24-17(23)14-4-2-3-13(15(14)21)16(22)19-10-12-9-18(11-20-12)5-7-25-8-6-18/h2-4,12,20-21H,5-11H2,1H3,(H,19,22). The molecule has 1 aromatic rings. The van der Waals surface area contributed by atoms with Crippen LogP contribution in [0.1, 0.15) is 40.0 Å². The summed E-state index contributed by atoms with van der Waals surface area (Å²) in [6.45, 7) is 3.02. The van der Waals surface area contributed by atoms with Gasteiger partial charge in [0.1, 0.15) is 11.3 Å². The van der Waals surface area contributed by atoms with E-state index in [9.17, 15) is 14.7 Å². The first kappa shape index (κ1) is 17.7. The quantitative estimate of drug-likeness (QED) is 0.704. The molecule has 1 unspecified atom stereocenters. The maximum absolute atomic E-state index is 12.4. The number of para-hydroxylation sites is 1. The summed E-state index contributed by atoms with van der Waals surface area (Å²) in [5.74, 6) is -1.43. The smallest absolute Gasteiger partial charge is 0.341 e. The summed E-state index contributed by atoms with van der Waals surface area (Å²) in [5.41, 5.74) is 0.331. The molecule has 1 aromatic carbocycles. The summed E-state index contributed by atoms with van der Waals surface area (Å²) in [5, 5.41) is 16.5. The Bertz CT molecular complexity index is 655. The Hall–Kier alpha value is -2.12. The van der Waals surface area contributed by atoms with Crippen molar-refractivity contribution in [1.82, 2.24) is 10.6 Å².